The minimum atomic E-state index is 0.489. The highest BCUT2D eigenvalue weighted by atomic mass is 15.1. The number of hydrogen-bond donors (Lipinski definition) is 2. The standard InChI is InChI=1S/C12H16N4/c1-16(2)11-5-3-9(4-6-11)12-14-8-10(7-13)15-12/h3-6,8H,7,13H2,1-2H3,(H,14,15). The summed E-state index contributed by atoms with van der Waals surface area (Å²) >= 11 is 0. The number of nitrogens with one attached hydrogen (secondary N) is 1. The highest BCUT2D eigenvalue weighted by Crippen LogP contribution is 2.19. The van der Waals surface area contributed by atoms with Crippen LogP contribution in [-0.4, -0.2) is 24.1 Å². The number of anilines is 1. The SMILES string of the molecule is CN(C)c1ccc(-c2ncc(CN)[nH]2)cc1. The number of rotatable bonds is 3. The van der Waals surface area contributed by atoms with Gasteiger partial charge in [0.1, 0.15) is 5.82 Å². The van der Waals surface area contributed by atoms with E-state index in [2.05, 4.69) is 39.1 Å². The van der Waals surface area contributed by atoms with Gasteiger partial charge in [-0.1, -0.05) is 0 Å². The summed E-state index contributed by atoms with van der Waals surface area (Å²) in [6.07, 6.45) is 1.77. The molecule has 2 aromatic rings. The molecule has 0 unspecified atom stereocenters. The molecule has 0 aliphatic rings. The number of aromatic amines is 1. The van der Waals surface area contributed by atoms with Crippen LogP contribution in [-0.2, 0) is 6.54 Å². The second-order valence-electron chi connectivity index (χ2n) is 3.90. The van der Waals surface area contributed by atoms with Crippen LogP contribution in [0.15, 0.2) is 30.5 Å². The highest BCUT2D eigenvalue weighted by molar-refractivity contribution is 5.60. The average molecular weight is 216 g/mol. The number of benzene rings is 1. The second kappa shape index (κ2) is 4.37. The molecule has 0 amide bonds. The van der Waals surface area contributed by atoms with E-state index in [9.17, 15) is 0 Å². The van der Waals surface area contributed by atoms with Crippen LogP contribution in [0.4, 0.5) is 5.69 Å². The van der Waals surface area contributed by atoms with E-state index in [1.54, 1.807) is 6.20 Å². The van der Waals surface area contributed by atoms with Crippen LogP contribution >= 0.6 is 0 Å². The van der Waals surface area contributed by atoms with Crippen LogP contribution in [0.5, 0.6) is 0 Å². The summed E-state index contributed by atoms with van der Waals surface area (Å²) in [5.41, 5.74) is 8.73. The van der Waals surface area contributed by atoms with Crippen LogP contribution in [0.25, 0.3) is 11.4 Å². The third-order valence-corrected chi connectivity index (χ3v) is 2.51. The summed E-state index contributed by atoms with van der Waals surface area (Å²) in [5, 5.41) is 0. The fourth-order valence-electron chi connectivity index (χ4n) is 1.53. The Bertz CT molecular complexity index is 456. The Kier molecular flexibility index (Phi) is 2.92. The Balaban J connectivity index is 2.27. The van der Waals surface area contributed by atoms with Crippen molar-refractivity contribution >= 4 is 5.69 Å². The van der Waals surface area contributed by atoms with E-state index in [1.807, 2.05) is 14.1 Å². The van der Waals surface area contributed by atoms with E-state index in [0.29, 0.717) is 6.54 Å². The fourth-order valence-corrected chi connectivity index (χ4v) is 1.53. The van der Waals surface area contributed by atoms with Crippen molar-refractivity contribution in [2.24, 2.45) is 5.73 Å². The summed E-state index contributed by atoms with van der Waals surface area (Å²) in [6.45, 7) is 0.489. The summed E-state index contributed by atoms with van der Waals surface area (Å²) in [4.78, 5) is 9.53. The minimum Gasteiger partial charge on any atom is -0.378 e. The number of nitrogens with two attached hydrogens (primary N) is 1. The summed E-state index contributed by atoms with van der Waals surface area (Å²) in [7, 11) is 4.04. The Morgan fingerprint density at radius 3 is 2.44 bits per heavy atom. The molecule has 0 saturated heterocycles. The molecule has 1 aromatic carbocycles. The largest absolute Gasteiger partial charge is 0.378 e. The maximum atomic E-state index is 5.53. The van der Waals surface area contributed by atoms with Crippen LogP contribution in [0, 0.1) is 0 Å². The molecular formula is C12H16N4. The van der Waals surface area contributed by atoms with Crippen molar-refractivity contribution in [1.82, 2.24) is 9.97 Å². The summed E-state index contributed by atoms with van der Waals surface area (Å²) < 4.78 is 0. The molecule has 16 heavy (non-hydrogen) atoms. The topological polar surface area (TPSA) is 57.9 Å². The molecule has 0 bridgehead atoms. The molecule has 1 aromatic heterocycles. The average Bonchev–Trinajstić information content (AvgIpc) is 2.77. The Hall–Kier alpha value is -1.81. The molecule has 0 aliphatic heterocycles. The van der Waals surface area contributed by atoms with Crippen molar-refractivity contribution in [1.29, 1.82) is 0 Å². The molecular weight excluding hydrogens is 200 g/mol. The molecule has 0 aliphatic carbocycles. The van der Waals surface area contributed by atoms with Crippen molar-refractivity contribution in [2.75, 3.05) is 19.0 Å². The Morgan fingerprint density at radius 2 is 1.94 bits per heavy atom. The van der Waals surface area contributed by atoms with Gasteiger partial charge >= 0.3 is 0 Å². The summed E-state index contributed by atoms with van der Waals surface area (Å²) in [5.74, 6) is 0.866. The molecule has 0 fully saturated rings. The van der Waals surface area contributed by atoms with Gasteiger partial charge in [0, 0.05) is 43.8 Å². The van der Waals surface area contributed by atoms with Gasteiger partial charge in [0.2, 0.25) is 0 Å². The van der Waals surface area contributed by atoms with Gasteiger partial charge in [-0.3, -0.25) is 0 Å². The minimum absolute atomic E-state index is 0.489. The lowest BCUT2D eigenvalue weighted by atomic mass is 10.2. The van der Waals surface area contributed by atoms with Crippen molar-refractivity contribution in [2.45, 2.75) is 6.54 Å². The predicted octanol–water partition coefficient (Wildman–Crippen LogP) is 1.60. The first-order valence-electron chi connectivity index (χ1n) is 5.22. The first-order valence-corrected chi connectivity index (χ1v) is 5.22. The number of nitrogens with zero attached hydrogens (tertiary/aromatic N) is 2. The van der Waals surface area contributed by atoms with Gasteiger partial charge < -0.3 is 15.6 Å². The molecule has 3 N–H and O–H groups in total. The van der Waals surface area contributed by atoms with E-state index < -0.39 is 0 Å². The number of hydrogen-bond acceptors (Lipinski definition) is 3. The lowest BCUT2D eigenvalue weighted by molar-refractivity contribution is 1.01. The number of imidazole rings is 1. The van der Waals surface area contributed by atoms with Crippen LogP contribution in [0.1, 0.15) is 5.69 Å². The van der Waals surface area contributed by atoms with Crippen molar-refractivity contribution < 1.29 is 0 Å². The van der Waals surface area contributed by atoms with E-state index in [4.69, 9.17) is 5.73 Å². The van der Waals surface area contributed by atoms with E-state index in [1.165, 1.54) is 5.69 Å². The van der Waals surface area contributed by atoms with Gasteiger partial charge in [-0.2, -0.15) is 0 Å². The van der Waals surface area contributed by atoms with Crippen molar-refractivity contribution in [3.8, 4) is 11.4 Å². The lowest BCUT2D eigenvalue weighted by Gasteiger charge is -2.12. The number of aromatic nitrogens is 2. The molecule has 1 heterocycles. The summed E-state index contributed by atoms with van der Waals surface area (Å²) in [6, 6.07) is 8.24. The normalized spacial score (nSPS) is 10.4. The van der Waals surface area contributed by atoms with Crippen LogP contribution < -0.4 is 10.6 Å². The maximum Gasteiger partial charge on any atom is 0.137 e. The van der Waals surface area contributed by atoms with Crippen molar-refractivity contribution in [3.05, 3.63) is 36.2 Å². The third kappa shape index (κ3) is 2.06. The van der Waals surface area contributed by atoms with Crippen LogP contribution in [0.3, 0.4) is 0 Å². The predicted molar refractivity (Wildman–Crippen MR) is 66.2 cm³/mol. The molecule has 0 saturated carbocycles. The zero-order valence-corrected chi connectivity index (χ0v) is 9.57. The highest BCUT2D eigenvalue weighted by Gasteiger charge is 2.03. The van der Waals surface area contributed by atoms with Gasteiger partial charge in [0.05, 0.1) is 0 Å². The van der Waals surface area contributed by atoms with Gasteiger partial charge in [-0.25, -0.2) is 4.98 Å². The Labute approximate surface area is 95.1 Å². The first kappa shape index (κ1) is 10.7. The first-order chi connectivity index (χ1) is 7.70. The molecule has 4 nitrogen and oxygen atoms in total. The van der Waals surface area contributed by atoms with Gasteiger partial charge in [0.25, 0.3) is 0 Å². The fraction of sp³-hybridized carbons (Fsp3) is 0.250. The van der Waals surface area contributed by atoms with E-state index >= 15 is 0 Å². The van der Waals surface area contributed by atoms with Gasteiger partial charge in [-0.05, 0) is 24.3 Å². The monoisotopic (exact) mass is 216 g/mol. The smallest absolute Gasteiger partial charge is 0.137 e. The number of H-pyrrole nitrogens is 1. The molecule has 84 valence electrons. The maximum absolute atomic E-state index is 5.53. The third-order valence-electron chi connectivity index (χ3n) is 2.51. The van der Waals surface area contributed by atoms with Crippen LogP contribution in [0.2, 0.25) is 0 Å². The zero-order chi connectivity index (χ0) is 11.5. The second-order valence-corrected chi connectivity index (χ2v) is 3.90. The lowest BCUT2D eigenvalue weighted by Crippen LogP contribution is -2.07. The molecule has 0 spiro atoms. The molecule has 0 atom stereocenters. The van der Waals surface area contributed by atoms with Crippen molar-refractivity contribution in [3.63, 3.8) is 0 Å². The molecule has 4 heteroatoms. The van der Waals surface area contributed by atoms with E-state index in [-0.39, 0.29) is 0 Å². The van der Waals surface area contributed by atoms with Gasteiger partial charge in [0.15, 0.2) is 0 Å². The van der Waals surface area contributed by atoms with E-state index in [0.717, 1.165) is 17.1 Å². The zero-order valence-electron chi connectivity index (χ0n) is 9.57. The molecule has 2 rings (SSSR count). The quantitative estimate of drug-likeness (QED) is 0.819. The Morgan fingerprint density at radius 1 is 1.25 bits per heavy atom. The molecule has 0 radical (unpaired) electrons. The van der Waals surface area contributed by atoms with Gasteiger partial charge in [-0.15, -0.1) is 0 Å².